The van der Waals surface area contributed by atoms with Gasteiger partial charge in [-0.2, -0.15) is 4.98 Å². The second-order valence-corrected chi connectivity index (χ2v) is 13.6. The summed E-state index contributed by atoms with van der Waals surface area (Å²) >= 11 is 0. The zero-order valence-corrected chi connectivity index (χ0v) is 26.9. The standard InChI is InChI=1S/C34H48N8O3/c1-4-28-33(44)40(2)29-20-36-34(39-31(29)42(28)23-7-5-6-8-23)38-27-12-9-21(17-30(27)45-3)32(43)37-22-18-26(19-22)41(24-10-11-24)25-13-15-35-16-14-25/h9,12,17,20,22-26,28,35H,4-8,10-11,13-16,18-19H2,1-3H3,(H,37,43)(H,36,38,39)/t22?,26?,28-/m1/s1. The number of amides is 2. The van der Waals surface area contributed by atoms with Gasteiger partial charge in [0.25, 0.3) is 5.91 Å². The fourth-order valence-corrected chi connectivity index (χ4v) is 8.09. The fraction of sp³-hybridized carbons (Fsp3) is 0.647. The first-order valence-electron chi connectivity index (χ1n) is 17.1. The molecule has 1 aromatic heterocycles. The predicted octanol–water partition coefficient (Wildman–Crippen LogP) is 4.21. The fourth-order valence-electron chi connectivity index (χ4n) is 8.09. The van der Waals surface area contributed by atoms with Crippen LogP contribution in [0.5, 0.6) is 5.75 Å². The number of carbonyl (C=O) groups is 2. The third-order valence-corrected chi connectivity index (χ3v) is 10.7. The maximum atomic E-state index is 13.3. The maximum absolute atomic E-state index is 13.3. The summed E-state index contributed by atoms with van der Waals surface area (Å²) in [6.45, 7) is 4.29. The number of piperidine rings is 1. The van der Waals surface area contributed by atoms with E-state index in [4.69, 9.17) is 9.72 Å². The Morgan fingerprint density at radius 3 is 2.49 bits per heavy atom. The van der Waals surface area contributed by atoms with Gasteiger partial charge in [0.1, 0.15) is 17.5 Å². The highest BCUT2D eigenvalue weighted by atomic mass is 16.5. The van der Waals surface area contributed by atoms with Crippen LogP contribution < -0.4 is 30.5 Å². The number of nitrogens with one attached hydrogen (secondary N) is 3. The third kappa shape index (κ3) is 5.96. The van der Waals surface area contributed by atoms with E-state index in [1.54, 1.807) is 31.3 Å². The van der Waals surface area contributed by atoms with E-state index in [0.29, 0.717) is 41.1 Å². The summed E-state index contributed by atoms with van der Waals surface area (Å²) in [5.41, 5.74) is 1.98. The highest BCUT2D eigenvalue weighted by Crippen LogP contribution is 2.41. The largest absolute Gasteiger partial charge is 0.495 e. The number of carbonyl (C=O) groups excluding carboxylic acids is 2. The Morgan fingerprint density at radius 1 is 1.07 bits per heavy atom. The van der Waals surface area contributed by atoms with Crippen LogP contribution in [0.25, 0.3) is 0 Å². The van der Waals surface area contributed by atoms with Crippen LogP contribution >= 0.6 is 0 Å². The van der Waals surface area contributed by atoms with Gasteiger partial charge >= 0.3 is 0 Å². The van der Waals surface area contributed by atoms with Crippen molar-refractivity contribution in [2.75, 3.05) is 42.4 Å². The van der Waals surface area contributed by atoms with E-state index in [-0.39, 0.29) is 23.9 Å². The summed E-state index contributed by atoms with van der Waals surface area (Å²) in [6.07, 6.45) is 14.1. The first kappa shape index (κ1) is 30.2. The molecule has 3 heterocycles. The number of methoxy groups -OCH3 is 1. The summed E-state index contributed by atoms with van der Waals surface area (Å²) in [5, 5.41) is 10.1. The van der Waals surface area contributed by atoms with E-state index in [2.05, 4.69) is 37.7 Å². The second-order valence-electron chi connectivity index (χ2n) is 13.6. The van der Waals surface area contributed by atoms with Crippen molar-refractivity contribution in [3.05, 3.63) is 30.0 Å². The molecule has 45 heavy (non-hydrogen) atoms. The lowest BCUT2D eigenvalue weighted by Gasteiger charge is -2.48. The lowest BCUT2D eigenvalue weighted by Crippen LogP contribution is -2.58. The molecule has 242 valence electrons. The normalized spacial score (nSPS) is 25.7. The Bertz CT molecular complexity index is 1400. The molecule has 4 fully saturated rings. The molecule has 11 heteroatoms. The summed E-state index contributed by atoms with van der Waals surface area (Å²) < 4.78 is 5.71. The quantitative estimate of drug-likeness (QED) is 0.361. The van der Waals surface area contributed by atoms with Crippen molar-refractivity contribution in [3.63, 3.8) is 0 Å². The molecule has 1 atom stereocenters. The SMILES string of the molecule is CC[C@@H]1C(=O)N(C)c2cnc(Nc3ccc(C(=O)NC4CC(N(C5CCNCC5)C5CC5)C4)cc3OC)nc2N1C1CCCC1. The van der Waals surface area contributed by atoms with Gasteiger partial charge in [-0.25, -0.2) is 4.98 Å². The van der Waals surface area contributed by atoms with E-state index in [1.807, 2.05) is 12.1 Å². The molecule has 0 bridgehead atoms. The summed E-state index contributed by atoms with van der Waals surface area (Å²) in [6, 6.07) is 7.75. The molecule has 3 saturated carbocycles. The molecule has 3 N–H and O–H groups in total. The van der Waals surface area contributed by atoms with Crippen molar-refractivity contribution in [3.8, 4) is 5.75 Å². The number of benzene rings is 1. The van der Waals surface area contributed by atoms with Gasteiger partial charge in [-0.1, -0.05) is 19.8 Å². The molecule has 1 saturated heterocycles. The number of ether oxygens (including phenoxy) is 1. The van der Waals surface area contributed by atoms with Crippen LogP contribution in [0.15, 0.2) is 24.4 Å². The first-order valence-corrected chi connectivity index (χ1v) is 17.1. The third-order valence-electron chi connectivity index (χ3n) is 10.7. The summed E-state index contributed by atoms with van der Waals surface area (Å²) in [5.74, 6) is 1.80. The Morgan fingerprint density at radius 2 is 1.80 bits per heavy atom. The number of hydrogen-bond acceptors (Lipinski definition) is 9. The first-order chi connectivity index (χ1) is 21.9. The average molecular weight is 617 g/mol. The Balaban J connectivity index is 1.03. The van der Waals surface area contributed by atoms with Gasteiger partial charge in [-0.15, -0.1) is 0 Å². The van der Waals surface area contributed by atoms with E-state index in [9.17, 15) is 9.59 Å². The maximum Gasteiger partial charge on any atom is 0.251 e. The van der Waals surface area contributed by atoms with Crippen molar-refractivity contribution in [2.45, 2.75) is 114 Å². The number of anilines is 4. The smallest absolute Gasteiger partial charge is 0.251 e. The van der Waals surface area contributed by atoms with Crippen molar-refractivity contribution in [1.29, 1.82) is 0 Å². The van der Waals surface area contributed by atoms with Gasteiger partial charge in [0.2, 0.25) is 11.9 Å². The molecular weight excluding hydrogens is 568 g/mol. The van der Waals surface area contributed by atoms with E-state index < -0.39 is 0 Å². The van der Waals surface area contributed by atoms with Crippen LogP contribution in [0.4, 0.5) is 23.1 Å². The van der Waals surface area contributed by atoms with Gasteiger partial charge in [-0.3, -0.25) is 14.5 Å². The molecule has 2 aliphatic heterocycles. The van der Waals surface area contributed by atoms with Crippen LogP contribution in [-0.2, 0) is 4.79 Å². The van der Waals surface area contributed by atoms with E-state index >= 15 is 0 Å². The van der Waals surface area contributed by atoms with Crippen LogP contribution in [0.3, 0.4) is 0 Å². The minimum absolute atomic E-state index is 0.0707. The number of hydrogen-bond donors (Lipinski definition) is 3. The monoisotopic (exact) mass is 616 g/mol. The number of rotatable bonds is 10. The van der Waals surface area contributed by atoms with Gasteiger partial charge in [-0.05, 0) is 89.1 Å². The minimum atomic E-state index is -0.229. The van der Waals surface area contributed by atoms with Crippen LogP contribution in [0.1, 0.15) is 87.9 Å². The van der Waals surface area contributed by atoms with Crippen molar-refractivity contribution < 1.29 is 14.3 Å². The van der Waals surface area contributed by atoms with Gasteiger partial charge in [0.15, 0.2) is 5.82 Å². The van der Waals surface area contributed by atoms with Crippen molar-refractivity contribution in [2.24, 2.45) is 0 Å². The Kier molecular flexibility index (Phi) is 8.56. The number of nitrogens with zero attached hydrogens (tertiary/aromatic N) is 5. The van der Waals surface area contributed by atoms with Crippen molar-refractivity contribution in [1.82, 2.24) is 25.5 Å². The van der Waals surface area contributed by atoms with Crippen LogP contribution in [-0.4, -0.2) is 90.2 Å². The summed E-state index contributed by atoms with van der Waals surface area (Å²) in [7, 11) is 3.41. The molecule has 7 rings (SSSR count). The molecule has 2 aromatic rings. The molecule has 0 unspecified atom stereocenters. The molecule has 5 aliphatic rings. The number of likely N-dealkylation sites (N-methyl/N-ethyl adjacent to an activating group) is 1. The topological polar surface area (TPSA) is 115 Å². The zero-order valence-electron chi connectivity index (χ0n) is 26.9. The van der Waals surface area contributed by atoms with Gasteiger partial charge < -0.3 is 30.5 Å². The molecule has 2 amide bonds. The molecule has 0 radical (unpaired) electrons. The zero-order chi connectivity index (χ0) is 31.1. The second kappa shape index (κ2) is 12.7. The molecular formula is C34H48N8O3. The van der Waals surface area contributed by atoms with Crippen molar-refractivity contribution >= 4 is 35.0 Å². The Labute approximate surface area is 266 Å². The lowest BCUT2D eigenvalue weighted by atomic mass is 9.83. The summed E-state index contributed by atoms with van der Waals surface area (Å²) in [4.78, 5) is 42.7. The number of fused-ring (bicyclic) bond motifs is 1. The molecule has 3 aliphatic carbocycles. The molecule has 0 spiro atoms. The average Bonchev–Trinajstić information content (AvgIpc) is 3.74. The molecule has 1 aromatic carbocycles. The van der Waals surface area contributed by atoms with Gasteiger partial charge in [0.05, 0.1) is 19.0 Å². The van der Waals surface area contributed by atoms with Gasteiger partial charge in [0, 0.05) is 42.8 Å². The van der Waals surface area contributed by atoms with Crippen LogP contribution in [0.2, 0.25) is 0 Å². The minimum Gasteiger partial charge on any atom is -0.495 e. The highest BCUT2D eigenvalue weighted by molar-refractivity contribution is 6.04. The highest BCUT2D eigenvalue weighted by Gasteiger charge is 2.44. The predicted molar refractivity (Wildman–Crippen MR) is 176 cm³/mol. The van der Waals surface area contributed by atoms with E-state index in [0.717, 1.165) is 62.7 Å². The Hall–Kier alpha value is -3.44. The van der Waals surface area contributed by atoms with Crippen LogP contribution in [0, 0.1) is 0 Å². The molecule has 11 nitrogen and oxygen atoms in total. The number of aromatic nitrogens is 2. The lowest BCUT2D eigenvalue weighted by molar-refractivity contribution is -0.120. The van der Waals surface area contributed by atoms with E-state index in [1.165, 1.54) is 38.5 Å².